The summed E-state index contributed by atoms with van der Waals surface area (Å²) in [6, 6.07) is 13.3. The standard InChI is InChI=1S/C23H25N3O2S/c1-6-13-26-19-12-11-18(24-15(2)27)14-20(19)29-22(26)25-21(28)16-7-9-17(10-8-16)23(3,4)5/h6-12,14H,1,13H2,2-5H3,(H,24,27). The Bertz CT molecular complexity index is 1150. The number of anilines is 1. The van der Waals surface area contributed by atoms with Gasteiger partial charge in [0.15, 0.2) is 4.80 Å². The zero-order valence-corrected chi connectivity index (χ0v) is 18.0. The zero-order valence-electron chi connectivity index (χ0n) is 17.2. The number of carbonyl (C=O) groups is 2. The Labute approximate surface area is 174 Å². The molecular weight excluding hydrogens is 382 g/mol. The molecule has 0 aliphatic rings. The van der Waals surface area contributed by atoms with Gasteiger partial charge in [0.25, 0.3) is 5.91 Å². The first-order chi connectivity index (χ1) is 13.7. The minimum Gasteiger partial charge on any atom is -0.326 e. The number of thiazole rings is 1. The van der Waals surface area contributed by atoms with Crippen molar-refractivity contribution in [3.63, 3.8) is 0 Å². The molecule has 6 heteroatoms. The van der Waals surface area contributed by atoms with Gasteiger partial charge in [-0.2, -0.15) is 4.99 Å². The lowest BCUT2D eigenvalue weighted by atomic mass is 9.87. The van der Waals surface area contributed by atoms with Crippen LogP contribution in [0.15, 0.2) is 60.1 Å². The summed E-state index contributed by atoms with van der Waals surface area (Å²) in [5, 5.41) is 2.78. The molecule has 3 aromatic rings. The van der Waals surface area contributed by atoms with Crippen molar-refractivity contribution in [1.82, 2.24) is 4.57 Å². The van der Waals surface area contributed by atoms with Crippen molar-refractivity contribution in [3.8, 4) is 0 Å². The number of aromatic nitrogens is 1. The van der Waals surface area contributed by atoms with Crippen LogP contribution in [0.3, 0.4) is 0 Å². The fourth-order valence-corrected chi connectivity index (χ4v) is 4.09. The number of hydrogen-bond acceptors (Lipinski definition) is 3. The third kappa shape index (κ3) is 4.71. The fraction of sp³-hybridized carbons (Fsp3) is 0.261. The average molecular weight is 408 g/mol. The number of benzene rings is 2. The molecule has 0 aliphatic heterocycles. The first-order valence-corrected chi connectivity index (χ1v) is 10.2. The molecule has 3 rings (SSSR count). The third-order valence-electron chi connectivity index (χ3n) is 4.51. The van der Waals surface area contributed by atoms with Gasteiger partial charge in [-0.25, -0.2) is 0 Å². The lowest BCUT2D eigenvalue weighted by molar-refractivity contribution is -0.114. The molecule has 0 saturated heterocycles. The van der Waals surface area contributed by atoms with Gasteiger partial charge >= 0.3 is 0 Å². The second-order valence-corrected chi connectivity index (χ2v) is 8.90. The number of fused-ring (bicyclic) bond motifs is 1. The Morgan fingerprint density at radius 2 is 1.86 bits per heavy atom. The van der Waals surface area contributed by atoms with Crippen molar-refractivity contribution in [2.45, 2.75) is 39.7 Å². The van der Waals surface area contributed by atoms with Gasteiger partial charge in [-0.3, -0.25) is 9.59 Å². The molecule has 0 radical (unpaired) electrons. The van der Waals surface area contributed by atoms with Crippen LogP contribution in [0, 0.1) is 0 Å². The highest BCUT2D eigenvalue weighted by molar-refractivity contribution is 7.16. The Morgan fingerprint density at radius 3 is 2.45 bits per heavy atom. The molecule has 0 fully saturated rings. The van der Waals surface area contributed by atoms with Crippen LogP contribution >= 0.6 is 11.3 Å². The van der Waals surface area contributed by atoms with E-state index in [1.54, 1.807) is 6.08 Å². The first kappa shape index (κ1) is 20.7. The number of hydrogen-bond donors (Lipinski definition) is 1. The molecule has 0 spiro atoms. The Balaban J connectivity index is 2.03. The van der Waals surface area contributed by atoms with Gasteiger partial charge in [0.05, 0.1) is 10.2 Å². The molecule has 0 atom stereocenters. The second kappa shape index (κ2) is 8.17. The number of carbonyl (C=O) groups excluding carboxylic acids is 2. The van der Waals surface area contributed by atoms with Gasteiger partial charge in [0.1, 0.15) is 0 Å². The number of amides is 2. The zero-order chi connectivity index (χ0) is 21.2. The Morgan fingerprint density at radius 1 is 1.17 bits per heavy atom. The van der Waals surface area contributed by atoms with Gasteiger partial charge in [0.2, 0.25) is 5.91 Å². The molecule has 0 aliphatic carbocycles. The molecular formula is C23H25N3O2S. The van der Waals surface area contributed by atoms with E-state index in [0.717, 1.165) is 10.2 Å². The van der Waals surface area contributed by atoms with Crippen molar-refractivity contribution in [1.29, 1.82) is 0 Å². The molecule has 0 unspecified atom stereocenters. The molecule has 29 heavy (non-hydrogen) atoms. The summed E-state index contributed by atoms with van der Waals surface area (Å²) in [5.74, 6) is -0.407. The predicted octanol–water partition coefficient (Wildman–Crippen LogP) is 4.89. The van der Waals surface area contributed by atoms with Crippen molar-refractivity contribution in [2.24, 2.45) is 4.99 Å². The highest BCUT2D eigenvalue weighted by Gasteiger charge is 2.14. The quantitative estimate of drug-likeness (QED) is 0.626. The summed E-state index contributed by atoms with van der Waals surface area (Å²) in [6.45, 7) is 12.2. The number of nitrogens with zero attached hydrogens (tertiary/aromatic N) is 2. The largest absolute Gasteiger partial charge is 0.326 e. The summed E-state index contributed by atoms with van der Waals surface area (Å²) in [6.07, 6.45) is 1.77. The summed E-state index contributed by atoms with van der Waals surface area (Å²) in [4.78, 5) is 29.1. The first-order valence-electron chi connectivity index (χ1n) is 9.40. The molecule has 5 nitrogen and oxygen atoms in total. The predicted molar refractivity (Wildman–Crippen MR) is 119 cm³/mol. The van der Waals surface area contributed by atoms with Crippen LogP contribution in [0.2, 0.25) is 0 Å². The highest BCUT2D eigenvalue weighted by Crippen LogP contribution is 2.23. The van der Waals surface area contributed by atoms with Crippen LogP contribution in [0.1, 0.15) is 43.6 Å². The molecule has 1 aromatic heterocycles. The summed E-state index contributed by atoms with van der Waals surface area (Å²) in [5.41, 5.74) is 3.41. The molecule has 2 amide bonds. The second-order valence-electron chi connectivity index (χ2n) is 7.89. The van der Waals surface area contributed by atoms with Crippen molar-refractivity contribution in [2.75, 3.05) is 5.32 Å². The van der Waals surface area contributed by atoms with Crippen LogP contribution in [0.25, 0.3) is 10.2 Å². The maximum absolute atomic E-state index is 12.8. The van der Waals surface area contributed by atoms with E-state index < -0.39 is 0 Å². The van der Waals surface area contributed by atoms with Crippen LogP contribution in [-0.4, -0.2) is 16.4 Å². The van der Waals surface area contributed by atoms with Crippen LogP contribution in [0.4, 0.5) is 5.69 Å². The molecule has 0 bridgehead atoms. The van der Waals surface area contributed by atoms with E-state index in [2.05, 4.69) is 37.7 Å². The van der Waals surface area contributed by atoms with E-state index in [1.807, 2.05) is 47.0 Å². The highest BCUT2D eigenvalue weighted by atomic mass is 32.1. The van der Waals surface area contributed by atoms with Gasteiger partial charge in [-0.15, -0.1) is 6.58 Å². The summed E-state index contributed by atoms with van der Waals surface area (Å²) in [7, 11) is 0. The van der Waals surface area contributed by atoms with E-state index in [-0.39, 0.29) is 17.2 Å². The van der Waals surface area contributed by atoms with Crippen LogP contribution in [0.5, 0.6) is 0 Å². The number of allylic oxidation sites excluding steroid dienone is 1. The number of rotatable bonds is 4. The van der Waals surface area contributed by atoms with E-state index in [9.17, 15) is 9.59 Å². The lowest BCUT2D eigenvalue weighted by Gasteiger charge is -2.18. The van der Waals surface area contributed by atoms with Crippen molar-refractivity contribution in [3.05, 3.63) is 71.0 Å². The molecule has 150 valence electrons. The van der Waals surface area contributed by atoms with Crippen LogP contribution in [-0.2, 0) is 16.8 Å². The van der Waals surface area contributed by atoms with Gasteiger partial charge in [-0.05, 0) is 41.3 Å². The maximum atomic E-state index is 12.8. The molecule has 1 heterocycles. The van der Waals surface area contributed by atoms with Crippen molar-refractivity contribution >= 4 is 39.1 Å². The Kier molecular flexibility index (Phi) is 5.84. The third-order valence-corrected chi connectivity index (χ3v) is 5.55. The van der Waals surface area contributed by atoms with E-state index in [0.29, 0.717) is 22.6 Å². The van der Waals surface area contributed by atoms with Gasteiger partial charge < -0.3 is 9.88 Å². The minimum atomic E-state index is -0.281. The normalized spacial score (nSPS) is 12.2. The minimum absolute atomic E-state index is 0.0305. The summed E-state index contributed by atoms with van der Waals surface area (Å²) >= 11 is 1.41. The smallest absolute Gasteiger partial charge is 0.279 e. The molecule has 1 N–H and O–H groups in total. The average Bonchev–Trinajstić information content (AvgIpc) is 2.97. The van der Waals surface area contributed by atoms with E-state index in [1.165, 1.54) is 23.8 Å². The fourth-order valence-electron chi connectivity index (χ4n) is 3.01. The van der Waals surface area contributed by atoms with Gasteiger partial charge in [-0.1, -0.05) is 50.3 Å². The van der Waals surface area contributed by atoms with E-state index in [4.69, 9.17) is 0 Å². The topological polar surface area (TPSA) is 63.5 Å². The molecule has 0 saturated carbocycles. The molecule has 2 aromatic carbocycles. The van der Waals surface area contributed by atoms with Crippen LogP contribution < -0.4 is 10.1 Å². The van der Waals surface area contributed by atoms with E-state index >= 15 is 0 Å². The monoisotopic (exact) mass is 407 g/mol. The SMILES string of the molecule is C=CCn1c(=NC(=O)c2ccc(C(C)(C)C)cc2)sc2cc(NC(C)=O)ccc21. The maximum Gasteiger partial charge on any atom is 0.279 e. The van der Waals surface area contributed by atoms with Crippen molar-refractivity contribution < 1.29 is 9.59 Å². The lowest BCUT2D eigenvalue weighted by Crippen LogP contribution is -2.16. The van der Waals surface area contributed by atoms with Gasteiger partial charge in [0, 0.05) is 24.7 Å². The number of nitrogens with one attached hydrogen (secondary N) is 1. The Hall–Kier alpha value is -2.99. The summed E-state index contributed by atoms with van der Waals surface area (Å²) < 4.78 is 2.89.